The van der Waals surface area contributed by atoms with E-state index in [0.29, 0.717) is 34.9 Å². The molecule has 2 N–H and O–H groups in total. The minimum absolute atomic E-state index is 0.236. The van der Waals surface area contributed by atoms with Crippen molar-refractivity contribution in [1.29, 1.82) is 0 Å². The predicted octanol–water partition coefficient (Wildman–Crippen LogP) is 3.19. The number of nitrogen functional groups attached to an aromatic ring is 1. The van der Waals surface area contributed by atoms with E-state index < -0.39 is 0 Å². The van der Waals surface area contributed by atoms with E-state index in [0.717, 1.165) is 0 Å². The monoisotopic (exact) mass is 271 g/mol. The van der Waals surface area contributed by atoms with Crippen molar-refractivity contribution in [2.24, 2.45) is 0 Å². The van der Waals surface area contributed by atoms with E-state index in [2.05, 4.69) is 4.98 Å². The van der Waals surface area contributed by atoms with Crippen LogP contribution in [0.25, 0.3) is 11.1 Å². The molecule has 0 aliphatic carbocycles. The normalized spacial score (nSPS) is 10.9. The summed E-state index contributed by atoms with van der Waals surface area (Å²) in [5, 5.41) is 0. The zero-order chi connectivity index (χ0) is 14.1. The third kappa shape index (κ3) is 2.30. The molecule has 1 heterocycles. The fraction of sp³-hybridized carbons (Fsp3) is 0.133. The Hall–Kier alpha value is -2.56. The SMILES string of the molecule is CN(Cc1ccccc1F)c1nc2cc(N)ccc2o1. The number of anilines is 2. The largest absolute Gasteiger partial charge is 0.423 e. The van der Waals surface area contributed by atoms with Gasteiger partial charge in [-0.25, -0.2) is 4.39 Å². The summed E-state index contributed by atoms with van der Waals surface area (Å²) in [5.74, 6) is -0.236. The minimum Gasteiger partial charge on any atom is -0.423 e. The second-order valence-corrected chi connectivity index (χ2v) is 4.67. The first kappa shape index (κ1) is 12.5. The van der Waals surface area contributed by atoms with Gasteiger partial charge in [-0.2, -0.15) is 4.98 Å². The van der Waals surface area contributed by atoms with Crippen molar-refractivity contribution in [3.63, 3.8) is 0 Å². The van der Waals surface area contributed by atoms with Gasteiger partial charge in [-0.1, -0.05) is 18.2 Å². The molecule has 5 heteroatoms. The van der Waals surface area contributed by atoms with Crippen LogP contribution in [0.15, 0.2) is 46.9 Å². The Bertz CT molecular complexity index is 754. The fourth-order valence-electron chi connectivity index (χ4n) is 2.05. The number of aromatic nitrogens is 1. The van der Waals surface area contributed by atoms with Gasteiger partial charge in [0, 0.05) is 24.8 Å². The minimum atomic E-state index is -0.236. The average molecular weight is 271 g/mol. The van der Waals surface area contributed by atoms with E-state index >= 15 is 0 Å². The molecule has 0 bridgehead atoms. The Morgan fingerprint density at radius 1 is 1.25 bits per heavy atom. The molecule has 3 aromatic rings. The third-order valence-electron chi connectivity index (χ3n) is 3.09. The van der Waals surface area contributed by atoms with Crippen LogP contribution in [0.4, 0.5) is 16.1 Å². The van der Waals surface area contributed by atoms with Gasteiger partial charge < -0.3 is 15.1 Å². The number of halogens is 1. The van der Waals surface area contributed by atoms with Gasteiger partial charge >= 0.3 is 0 Å². The van der Waals surface area contributed by atoms with E-state index in [1.807, 2.05) is 0 Å². The van der Waals surface area contributed by atoms with Gasteiger partial charge in [0.2, 0.25) is 0 Å². The Kier molecular flexibility index (Phi) is 3.02. The summed E-state index contributed by atoms with van der Waals surface area (Å²) in [6.07, 6.45) is 0. The Labute approximate surface area is 115 Å². The highest BCUT2D eigenvalue weighted by Gasteiger charge is 2.12. The molecule has 0 fully saturated rings. The number of fused-ring (bicyclic) bond motifs is 1. The number of benzene rings is 2. The Morgan fingerprint density at radius 3 is 2.85 bits per heavy atom. The first-order valence-electron chi connectivity index (χ1n) is 6.24. The van der Waals surface area contributed by atoms with Gasteiger partial charge in [0.1, 0.15) is 11.3 Å². The van der Waals surface area contributed by atoms with Gasteiger partial charge in [0.15, 0.2) is 5.58 Å². The maximum Gasteiger partial charge on any atom is 0.298 e. The van der Waals surface area contributed by atoms with Crippen LogP contribution in [0.5, 0.6) is 0 Å². The van der Waals surface area contributed by atoms with Crippen molar-refractivity contribution in [2.45, 2.75) is 6.54 Å². The summed E-state index contributed by atoms with van der Waals surface area (Å²) in [4.78, 5) is 6.11. The highest BCUT2D eigenvalue weighted by molar-refractivity contribution is 5.78. The van der Waals surface area contributed by atoms with Gasteiger partial charge in [0.05, 0.1) is 0 Å². The second-order valence-electron chi connectivity index (χ2n) is 4.67. The molecule has 3 rings (SSSR count). The van der Waals surface area contributed by atoms with Gasteiger partial charge in [-0.3, -0.25) is 0 Å². The molecule has 4 nitrogen and oxygen atoms in total. The van der Waals surface area contributed by atoms with Crippen molar-refractivity contribution in [3.8, 4) is 0 Å². The van der Waals surface area contributed by atoms with Crippen LogP contribution in [0.2, 0.25) is 0 Å². The zero-order valence-corrected chi connectivity index (χ0v) is 11.0. The van der Waals surface area contributed by atoms with Crippen LogP contribution in [-0.2, 0) is 6.54 Å². The first-order chi connectivity index (χ1) is 9.63. The molecule has 0 saturated heterocycles. The molecule has 0 radical (unpaired) electrons. The molecule has 0 aliphatic heterocycles. The van der Waals surface area contributed by atoms with Crippen LogP contribution in [0.3, 0.4) is 0 Å². The van der Waals surface area contributed by atoms with Gasteiger partial charge in [0.25, 0.3) is 6.01 Å². The van der Waals surface area contributed by atoms with Crippen molar-refractivity contribution >= 4 is 22.8 Å². The number of hydrogen-bond donors (Lipinski definition) is 1. The summed E-state index contributed by atoms with van der Waals surface area (Å²) in [6.45, 7) is 0.384. The number of nitrogens with zero attached hydrogens (tertiary/aromatic N) is 2. The highest BCUT2D eigenvalue weighted by Crippen LogP contribution is 2.24. The van der Waals surface area contributed by atoms with Crippen molar-refractivity contribution in [3.05, 3.63) is 53.8 Å². The first-order valence-corrected chi connectivity index (χ1v) is 6.24. The molecule has 0 atom stereocenters. The standard InChI is InChI=1S/C15H14FN3O/c1-19(9-10-4-2-3-5-12(10)16)15-18-13-8-11(17)6-7-14(13)20-15/h2-8H,9,17H2,1H3. The molecule has 1 aromatic heterocycles. The molecular formula is C15H14FN3O. The molecule has 0 aliphatic rings. The summed E-state index contributed by atoms with van der Waals surface area (Å²) in [7, 11) is 1.81. The van der Waals surface area contributed by atoms with E-state index in [9.17, 15) is 4.39 Å². The molecule has 0 unspecified atom stereocenters. The zero-order valence-electron chi connectivity index (χ0n) is 11.0. The lowest BCUT2D eigenvalue weighted by Gasteiger charge is -2.14. The van der Waals surface area contributed by atoms with Gasteiger partial charge in [-0.05, 0) is 24.3 Å². The number of rotatable bonds is 3. The lowest BCUT2D eigenvalue weighted by Crippen LogP contribution is -2.17. The molecule has 2 aromatic carbocycles. The lowest BCUT2D eigenvalue weighted by atomic mass is 10.2. The van der Waals surface area contributed by atoms with E-state index in [1.54, 1.807) is 48.3 Å². The van der Waals surface area contributed by atoms with E-state index in [4.69, 9.17) is 10.2 Å². The smallest absolute Gasteiger partial charge is 0.298 e. The summed E-state index contributed by atoms with van der Waals surface area (Å²) in [6, 6.07) is 12.4. The molecule has 0 amide bonds. The Morgan fingerprint density at radius 2 is 2.05 bits per heavy atom. The van der Waals surface area contributed by atoms with Crippen LogP contribution in [-0.4, -0.2) is 12.0 Å². The lowest BCUT2D eigenvalue weighted by molar-refractivity contribution is 0.570. The van der Waals surface area contributed by atoms with Crippen molar-refractivity contribution in [2.75, 3.05) is 17.7 Å². The number of nitrogens with two attached hydrogens (primary N) is 1. The summed E-state index contributed by atoms with van der Waals surface area (Å²) >= 11 is 0. The van der Waals surface area contributed by atoms with E-state index in [1.165, 1.54) is 6.07 Å². The van der Waals surface area contributed by atoms with Crippen molar-refractivity contribution in [1.82, 2.24) is 4.98 Å². The highest BCUT2D eigenvalue weighted by atomic mass is 19.1. The van der Waals surface area contributed by atoms with Crippen LogP contribution in [0, 0.1) is 5.82 Å². The molecular weight excluding hydrogens is 257 g/mol. The Balaban J connectivity index is 1.89. The predicted molar refractivity (Wildman–Crippen MR) is 76.9 cm³/mol. The number of hydrogen-bond acceptors (Lipinski definition) is 4. The average Bonchev–Trinajstić information content (AvgIpc) is 2.84. The quantitative estimate of drug-likeness (QED) is 0.743. The molecule has 0 spiro atoms. The third-order valence-corrected chi connectivity index (χ3v) is 3.09. The van der Waals surface area contributed by atoms with E-state index in [-0.39, 0.29) is 5.82 Å². The topological polar surface area (TPSA) is 55.3 Å². The maximum atomic E-state index is 13.6. The summed E-state index contributed by atoms with van der Waals surface area (Å²) < 4.78 is 19.3. The van der Waals surface area contributed by atoms with Crippen LogP contribution in [0.1, 0.15) is 5.56 Å². The van der Waals surface area contributed by atoms with Crippen LogP contribution >= 0.6 is 0 Å². The molecule has 102 valence electrons. The summed E-state index contributed by atoms with van der Waals surface area (Å²) in [5.41, 5.74) is 8.29. The molecule has 0 saturated carbocycles. The fourth-order valence-corrected chi connectivity index (χ4v) is 2.05. The maximum absolute atomic E-state index is 13.6. The van der Waals surface area contributed by atoms with Gasteiger partial charge in [-0.15, -0.1) is 0 Å². The van der Waals surface area contributed by atoms with Crippen molar-refractivity contribution < 1.29 is 8.81 Å². The number of oxazole rings is 1. The second kappa shape index (κ2) is 4.85. The molecule has 20 heavy (non-hydrogen) atoms. The van der Waals surface area contributed by atoms with Crippen LogP contribution < -0.4 is 10.6 Å².